The Morgan fingerprint density at radius 3 is 2.87 bits per heavy atom. The monoisotopic (exact) mass is 220 g/mol. The van der Waals surface area contributed by atoms with Crippen LogP contribution in [0.1, 0.15) is 5.56 Å². The van der Waals surface area contributed by atoms with Crippen molar-refractivity contribution < 1.29 is 0 Å². The highest BCUT2D eigenvalue weighted by Gasteiger charge is 2.02. The van der Waals surface area contributed by atoms with Crippen LogP contribution in [0.3, 0.4) is 0 Å². The number of aromatic amines is 1. The van der Waals surface area contributed by atoms with Gasteiger partial charge in [-0.25, -0.2) is 0 Å². The van der Waals surface area contributed by atoms with Gasteiger partial charge in [-0.1, -0.05) is 12.1 Å². The van der Waals surface area contributed by atoms with Crippen LogP contribution in [0.15, 0.2) is 34.4 Å². The van der Waals surface area contributed by atoms with Gasteiger partial charge in [-0.3, -0.25) is 4.79 Å². The van der Waals surface area contributed by atoms with E-state index in [-0.39, 0.29) is 5.56 Å². The molecule has 0 saturated carbocycles. The summed E-state index contributed by atoms with van der Waals surface area (Å²) < 4.78 is 0. The minimum absolute atomic E-state index is 0.0183. The van der Waals surface area contributed by atoms with Crippen molar-refractivity contribution in [2.75, 3.05) is 7.05 Å². The van der Waals surface area contributed by atoms with Crippen molar-refractivity contribution in [2.45, 2.75) is 6.54 Å². The molecular formula is C11H12N2OS. The first-order valence-corrected chi connectivity index (χ1v) is 5.60. The van der Waals surface area contributed by atoms with Gasteiger partial charge in [-0.15, -0.1) is 11.3 Å². The lowest BCUT2D eigenvalue weighted by atomic mass is 10.2. The molecule has 0 bridgehead atoms. The highest BCUT2D eigenvalue weighted by molar-refractivity contribution is 7.13. The Bertz CT molecular complexity index is 488. The zero-order chi connectivity index (χ0) is 10.7. The molecule has 2 N–H and O–H groups in total. The number of rotatable bonds is 3. The number of pyridine rings is 1. The van der Waals surface area contributed by atoms with Crippen molar-refractivity contribution in [1.82, 2.24) is 10.3 Å². The maximum Gasteiger partial charge on any atom is 0.252 e. The van der Waals surface area contributed by atoms with E-state index in [0.29, 0.717) is 6.54 Å². The average Bonchev–Trinajstić information content (AvgIpc) is 2.74. The van der Waals surface area contributed by atoms with Gasteiger partial charge in [0, 0.05) is 12.1 Å². The molecule has 78 valence electrons. The molecular weight excluding hydrogens is 208 g/mol. The summed E-state index contributed by atoms with van der Waals surface area (Å²) in [6.07, 6.45) is 0. The van der Waals surface area contributed by atoms with Gasteiger partial charge >= 0.3 is 0 Å². The fourth-order valence-electron chi connectivity index (χ4n) is 1.41. The van der Waals surface area contributed by atoms with Gasteiger partial charge < -0.3 is 10.3 Å². The first-order valence-electron chi connectivity index (χ1n) is 4.72. The van der Waals surface area contributed by atoms with Gasteiger partial charge in [0.1, 0.15) is 0 Å². The van der Waals surface area contributed by atoms with Crippen molar-refractivity contribution in [3.05, 3.63) is 45.6 Å². The van der Waals surface area contributed by atoms with Crippen molar-refractivity contribution >= 4 is 11.3 Å². The van der Waals surface area contributed by atoms with Crippen molar-refractivity contribution in [1.29, 1.82) is 0 Å². The SMILES string of the molecule is CNCc1ccc(-c2cccs2)[nH]c1=O. The molecule has 0 unspecified atom stereocenters. The first-order chi connectivity index (χ1) is 7.31. The van der Waals surface area contributed by atoms with Gasteiger partial charge in [-0.05, 0) is 24.6 Å². The van der Waals surface area contributed by atoms with Crippen LogP contribution in [-0.2, 0) is 6.54 Å². The molecule has 0 fully saturated rings. The van der Waals surface area contributed by atoms with E-state index >= 15 is 0 Å². The second-order valence-corrected chi connectivity index (χ2v) is 4.18. The molecule has 0 aromatic carbocycles. The minimum atomic E-state index is -0.0183. The van der Waals surface area contributed by atoms with Crippen LogP contribution in [-0.4, -0.2) is 12.0 Å². The highest BCUT2D eigenvalue weighted by atomic mass is 32.1. The summed E-state index contributed by atoms with van der Waals surface area (Å²) in [5.74, 6) is 0. The summed E-state index contributed by atoms with van der Waals surface area (Å²) in [6, 6.07) is 7.78. The molecule has 0 aliphatic heterocycles. The fraction of sp³-hybridized carbons (Fsp3) is 0.182. The second kappa shape index (κ2) is 4.42. The minimum Gasteiger partial charge on any atom is -0.321 e. The summed E-state index contributed by atoms with van der Waals surface area (Å²) in [6.45, 7) is 0.597. The van der Waals surface area contributed by atoms with E-state index in [1.165, 1.54) is 0 Å². The Morgan fingerprint density at radius 1 is 1.40 bits per heavy atom. The standard InChI is InChI=1S/C11H12N2OS/c1-12-7-8-4-5-9(13-11(8)14)10-3-2-6-15-10/h2-6,12H,7H2,1H3,(H,13,14). The summed E-state index contributed by atoms with van der Waals surface area (Å²) in [4.78, 5) is 15.6. The maximum absolute atomic E-state index is 11.6. The van der Waals surface area contributed by atoms with Crippen molar-refractivity contribution in [3.8, 4) is 10.6 Å². The lowest BCUT2D eigenvalue weighted by Crippen LogP contribution is -2.18. The summed E-state index contributed by atoms with van der Waals surface area (Å²) in [5.41, 5.74) is 1.63. The number of thiophene rings is 1. The molecule has 0 spiro atoms. The third-order valence-corrected chi connectivity index (χ3v) is 3.05. The fourth-order valence-corrected chi connectivity index (χ4v) is 2.12. The molecule has 2 aromatic rings. The van der Waals surface area contributed by atoms with Crippen LogP contribution in [0.2, 0.25) is 0 Å². The number of aromatic nitrogens is 1. The molecule has 2 heterocycles. The lowest BCUT2D eigenvalue weighted by Gasteiger charge is -2.01. The van der Waals surface area contributed by atoms with Crippen molar-refractivity contribution in [3.63, 3.8) is 0 Å². The Labute approximate surface area is 91.8 Å². The van der Waals surface area contributed by atoms with Crippen LogP contribution in [0.5, 0.6) is 0 Å². The Morgan fingerprint density at radius 2 is 2.27 bits per heavy atom. The molecule has 2 rings (SSSR count). The summed E-state index contributed by atoms with van der Waals surface area (Å²) >= 11 is 1.62. The highest BCUT2D eigenvalue weighted by Crippen LogP contribution is 2.21. The number of H-pyrrole nitrogens is 1. The molecule has 3 nitrogen and oxygen atoms in total. The van der Waals surface area contributed by atoms with E-state index in [9.17, 15) is 4.79 Å². The lowest BCUT2D eigenvalue weighted by molar-refractivity contribution is 0.805. The summed E-state index contributed by atoms with van der Waals surface area (Å²) in [7, 11) is 1.83. The van der Waals surface area contributed by atoms with Crippen LogP contribution in [0.25, 0.3) is 10.6 Å². The average molecular weight is 220 g/mol. The van der Waals surface area contributed by atoms with Crippen LogP contribution in [0, 0.1) is 0 Å². The molecule has 15 heavy (non-hydrogen) atoms. The van der Waals surface area contributed by atoms with Gasteiger partial charge in [0.05, 0.1) is 10.6 Å². The topological polar surface area (TPSA) is 44.9 Å². The smallest absolute Gasteiger partial charge is 0.252 e. The zero-order valence-corrected chi connectivity index (χ0v) is 9.23. The zero-order valence-electron chi connectivity index (χ0n) is 8.41. The quantitative estimate of drug-likeness (QED) is 0.828. The Balaban J connectivity index is 2.38. The van der Waals surface area contributed by atoms with Gasteiger partial charge in [0.15, 0.2) is 0 Å². The van der Waals surface area contributed by atoms with Crippen LogP contribution >= 0.6 is 11.3 Å². The molecule has 0 aliphatic rings. The van der Waals surface area contributed by atoms with Crippen molar-refractivity contribution in [2.24, 2.45) is 0 Å². The normalized spacial score (nSPS) is 10.5. The van der Waals surface area contributed by atoms with E-state index in [0.717, 1.165) is 16.1 Å². The largest absolute Gasteiger partial charge is 0.321 e. The summed E-state index contributed by atoms with van der Waals surface area (Å²) in [5, 5.41) is 4.96. The third-order valence-electron chi connectivity index (χ3n) is 2.14. The predicted octanol–water partition coefficient (Wildman–Crippen LogP) is 1.82. The van der Waals surface area contributed by atoms with Gasteiger partial charge in [0.2, 0.25) is 0 Å². The van der Waals surface area contributed by atoms with Gasteiger partial charge in [0.25, 0.3) is 5.56 Å². The predicted molar refractivity (Wildman–Crippen MR) is 63.1 cm³/mol. The van der Waals surface area contributed by atoms with E-state index in [1.807, 2.05) is 36.7 Å². The Kier molecular flexibility index (Phi) is 2.99. The molecule has 0 atom stereocenters. The van der Waals surface area contributed by atoms with Gasteiger partial charge in [-0.2, -0.15) is 0 Å². The van der Waals surface area contributed by atoms with Crippen LogP contribution in [0.4, 0.5) is 0 Å². The molecule has 0 saturated heterocycles. The number of hydrogen-bond acceptors (Lipinski definition) is 3. The van der Waals surface area contributed by atoms with E-state index < -0.39 is 0 Å². The molecule has 0 amide bonds. The molecule has 0 radical (unpaired) electrons. The number of hydrogen-bond donors (Lipinski definition) is 2. The van der Waals surface area contributed by atoms with E-state index in [2.05, 4.69) is 10.3 Å². The first kappa shape index (κ1) is 10.1. The maximum atomic E-state index is 11.6. The van der Waals surface area contributed by atoms with Crippen LogP contribution < -0.4 is 10.9 Å². The number of nitrogens with one attached hydrogen (secondary N) is 2. The second-order valence-electron chi connectivity index (χ2n) is 3.23. The molecule has 0 aliphatic carbocycles. The molecule has 2 aromatic heterocycles. The molecule has 4 heteroatoms. The Hall–Kier alpha value is -1.39. The third kappa shape index (κ3) is 2.16. The van der Waals surface area contributed by atoms with E-state index in [4.69, 9.17) is 0 Å². The van der Waals surface area contributed by atoms with E-state index in [1.54, 1.807) is 11.3 Å².